The summed E-state index contributed by atoms with van der Waals surface area (Å²) in [6.45, 7) is 10.0. The summed E-state index contributed by atoms with van der Waals surface area (Å²) in [7, 11) is 0. The van der Waals surface area contributed by atoms with Crippen LogP contribution >= 0.6 is 0 Å². The van der Waals surface area contributed by atoms with Gasteiger partial charge in [-0.1, -0.05) is 19.9 Å². The maximum Gasteiger partial charge on any atom is 0.333 e. The van der Waals surface area contributed by atoms with E-state index in [9.17, 15) is 9.59 Å². The van der Waals surface area contributed by atoms with Crippen molar-refractivity contribution < 1.29 is 28.2 Å². The fourth-order valence-corrected chi connectivity index (χ4v) is 7.05. The van der Waals surface area contributed by atoms with Crippen LogP contribution in [0.2, 0.25) is 0 Å². The molecule has 0 bridgehead atoms. The molecule has 8 unspecified atom stereocenters. The van der Waals surface area contributed by atoms with E-state index in [0.717, 1.165) is 18.4 Å². The van der Waals surface area contributed by atoms with Gasteiger partial charge in [0.2, 0.25) is 0 Å². The first kappa shape index (κ1) is 20.8. The van der Waals surface area contributed by atoms with E-state index in [1.54, 1.807) is 25.5 Å². The largest absolute Gasteiger partial charge is 0.472 e. The maximum absolute atomic E-state index is 13.3. The Morgan fingerprint density at radius 2 is 2.10 bits per heavy atom. The van der Waals surface area contributed by atoms with Crippen molar-refractivity contribution >= 4 is 11.9 Å². The molecular formula is C25H32O6. The second kappa shape index (κ2) is 6.71. The number of fused-ring (bicyclic) bond motifs is 4. The molecule has 0 amide bonds. The first-order valence-electron chi connectivity index (χ1n) is 11.4. The van der Waals surface area contributed by atoms with E-state index < -0.39 is 16.4 Å². The van der Waals surface area contributed by atoms with Gasteiger partial charge in [-0.2, -0.15) is 0 Å². The average molecular weight is 429 g/mol. The Bertz CT molecular complexity index is 934. The van der Waals surface area contributed by atoms with E-state index in [2.05, 4.69) is 20.8 Å². The summed E-state index contributed by atoms with van der Waals surface area (Å²) < 4.78 is 23.4. The van der Waals surface area contributed by atoms with Crippen molar-refractivity contribution in [2.75, 3.05) is 0 Å². The summed E-state index contributed by atoms with van der Waals surface area (Å²) in [4.78, 5) is 26.0. The van der Waals surface area contributed by atoms with Gasteiger partial charge in [0.25, 0.3) is 0 Å². The van der Waals surface area contributed by atoms with Crippen molar-refractivity contribution in [1.82, 2.24) is 0 Å². The SMILES string of the molecule is CC=C(C)C(=O)OC1CC(C)C2(C(=O)OC2Cc2ccoc2)C2CCC3OC3(C)C12C. The van der Waals surface area contributed by atoms with Gasteiger partial charge in [-0.15, -0.1) is 0 Å². The Kier molecular flexibility index (Phi) is 4.50. The lowest BCUT2D eigenvalue weighted by Crippen LogP contribution is -2.74. The van der Waals surface area contributed by atoms with Crippen molar-refractivity contribution in [2.45, 2.75) is 84.2 Å². The molecule has 2 aliphatic carbocycles. The summed E-state index contributed by atoms with van der Waals surface area (Å²) in [5.74, 6) is -0.337. The number of carbonyl (C=O) groups excluding carboxylic acids is 2. The predicted molar refractivity (Wildman–Crippen MR) is 112 cm³/mol. The second-order valence-electron chi connectivity index (χ2n) is 10.3. The van der Waals surface area contributed by atoms with Crippen LogP contribution in [0.4, 0.5) is 0 Å². The van der Waals surface area contributed by atoms with Crippen LogP contribution in [0.15, 0.2) is 34.7 Å². The van der Waals surface area contributed by atoms with Gasteiger partial charge in [0, 0.05) is 17.4 Å². The molecule has 1 aromatic heterocycles. The van der Waals surface area contributed by atoms with Crippen LogP contribution in [0.5, 0.6) is 0 Å². The van der Waals surface area contributed by atoms with Gasteiger partial charge >= 0.3 is 11.9 Å². The highest BCUT2D eigenvalue weighted by atomic mass is 16.6. The summed E-state index contributed by atoms with van der Waals surface area (Å²) >= 11 is 0. The smallest absolute Gasteiger partial charge is 0.333 e. The Morgan fingerprint density at radius 3 is 2.74 bits per heavy atom. The highest BCUT2D eigenvalue weighted by molar-refractivity contribution is 5.88. The molecule has 5 rings (SSSR count). The number of allylic oxidation sites excluding steroid dienone is 1. The van der Waals surface area contributed by atoms with Crippen LogP contribution in [0.25, 0.3) is 0 Å². The molecule has 0 N–H and O–H groups in total. The van der Waals surface area contributed by atoms with E-state index in [1.807, 2.05) is 13.0 Å². The highest BCUT2D eigenvalue weighted by Gasteiger charge is 2.81. The summed E-state index contributed by atoms with van der Waals surface area (Å²) in [5, 5.41) is 0. The number of epoxide rings is 1. The zero-order valence-electron chi connectivity index (χ0n) is 19.0. The van der Waals surface area contributed by atoms with Crippen LogP contribution in [-0.4, -0.2) is 35.9 Å². The molecule has 2 saturated heterocycles. The molecular weight excluding hydrogens is 396 g/mol. The van der Waals surface area contributed by atoms with E-state index in [-0.39, 0.29) is 42.1 Å². The third kappa shape index (κ3) is 2.54. The molecule has 4 fully saturated rings. The van der Waals surface area contributed by atoms with E-state index in [1.165, 1.54) is 0 Å². The van der Waals surface area contributed by atoms with Gasteiger partial charge in [0.05, 0.1) is 18.6 Å². The van der Waals surface area contributed by atoms with E-state index in [4.69, 9.17) is 18.6 Å². The summed E-state index contributed by atoms with van der Waals surface area (Å²) in [5.41, 5.74) is 0.187. The molecule has 8 atom stereocenters. The molecule has 2 aliphatic heterocycles. The number of furan rings is 1. The van der Waals surface area contributed by atoms with Gasteiger partial charge in [-0.3, -0.25) is 4.79 Å². The normalized spacial score (nSPS) is 45.9. The van der Waals surface area contributed by atoms with E-state index >= 15 is 0 Å². The minimum absolute atomic E-state index is 0.0226. The molecule has 3 heterocycles. The summed E-state index contributed by atoms with van der Waals surface area (Å²) in [6.07, 6.45) is 7.86. The number of hydrogen-bond acceptors (Lipinski definition) is 6. The number of rotatable bonds is 4. The van der Waals surface area contributed by atoms with Crippen molar-refractivity contribution in [1.29, 1.82) is 0 Å². The highest BCUT2D eigenvalue weighted by Crippen LogP contribution is 2.72. The molecule has 31 heavy (non-hydrogen) atoms. The standard InChI is InChI=1S/C25H32O6/c1-6-14(2)21(26)29-19-11-15(3)25(17-7-8-18-24(5,31-18)23(17,19)4)20(30-22(25)27)12-16-9-10-28-13-16/h6,9-10,13,15,17-20H,7-8,11-12H2,1-5H3. The number of hydrogen-bond donors (Lipinski definition) is 0. The molecule has 6 nitrogen and oxygen atoms in total. The zero-order valence-corrected chi connectivity index (χ0v) is 19.0. The predicted octanol–water partition coefficient (Wildman–Crippen LogP) is 4.23. The fraction of sp³-hybridized carbons (Fsp3) is 0.680. The van der Waals surface area contributed by atoms with Gasteiger partial charge in [-0.25, -0.2) is 4.79 Å². The van der Waals surface area contributed by atoms with Gasteiger partial charge < -0.3 is 18.6 Å². The lowest BCUT2D eigenvalue weighted by atomic mass is 9.41. The Balaban J connectivity index is 1.54. The molecule has 4 aliphatic rings. The van der Waals surface area contributed by atoms with Crippen LogP contribution in [0.1, 0.15) is 59.4 Å². The fourth-order valence-electron chi connectivity index (χ4n) is 7.05. The minimum Gasteiger partial charge on any atom is -0.472 e. The second-order valence-corrected chi connectivity index (χ2v) is 10.3. The van der Waals surface area contributed by atoms with Crippen molar-refractivity contribution in [3.05, 3.63) is 35.8 Å². The quantitative estimate of drug-likeness (QED) is 0.406. The Hall–Kier alpha value is -2.08. The lowest BCUT2D eigenvalue weighted by molar-refractivity contribution is -0.273. The van der Waals surface area contributed by atoms with Crippen molar-refractivity contribution in [3.63, 3.8) is 0 Å². The monoisotopic (exact) mass is 428 g/mol. The Morgan fingerprint density at radius 1 is 1.32 bits per heavy atom. The Labute approximate surface area is 183 Å². The first-order valence-corrected chi connectivity index (χ1v) is 11.4. The molecule has 0 aromatic carbocycles. The van der Waals surface area contributed by atoms with Crippen LogP contribution in [0.3, 0.4) is 0 Å². The van der Waals surface area contributed by atoms with Gasteiger partial charge in [0.15, 0.2) is 0 Å². The molecule has 6 heteroatoms. The molecule has 168 valence electrons. The first-order chi connectivity index (χ1) is 14.7. The van der Waals surface area contributed by atoms with Crippen molar-refractivity contribution in [3.8, 4) is 0 Å². The topological polar surface area (TPSA) is 78.3 Å². The number of esters is 2. The van der Waals surface area contributed by atoms with Gasteiger partial charge in [-0.05, 0) is 63.5 Å². The minimum atomic E-state index is -0.593. The average Bonchev–Trinajstić information content (AvgIpc) is 3.17. The third-order valence-electron chi connectivity index (χ3n) is 9.22. The van der Waals surface area contributed by atoms with E-state index in [0.29, 0.717) is 18.4 Å². The van der Waals surface area contributed by atoms with Crippen molar-refractivity contribution in [2.24, 2.45) is 22.7 Å². The molecule has 1 aromatic rings. The third-order valence-corrected chi connectivity index (χ3v) is 9.22. The summed E-state index contributed by atoms with van der Waals surface area (Å²) in [6, 6.07) is 1.93. The molecule has 1 spiro atoms. The zero-order chi connectivity index (χ0) is 22.2. The van der Waals surface area contributed by atoms with Crippen LogP contribution in [-0.2, 0) is 30.2 Å². The maximum atomic E-state index is 13.3. The van der Waals surface area contributed by atoms with Crippen LogP contribution in [0, 0.1) is 22.7 Å². The molecule has 0 radical (unpaired) electrons. The number of ether oxygens (including phenoxy) is 3. The lowest BCUT2D eigenvalue weighted by Gasteiger charge is -2.65. The number of cyclic esters (lactones) is 1. The number of carbonyl (C=O) groups is 2. The van der Waals surface area contributed by atoms with Crippen LogP contribution < -0.4 is 0 Å². The van der Waals surface area contributed by atoms with Gasteiger partial charge in [0.1, 0.15) is 23.2 Å². The molecule has 2 saturated carbocycles.